The van der Waals surface area contributed by atoms with Crippen LogP contribution >= 0.6 is 23.2 Å². The lowest BCUT2D eigenvalue weighted by Gasteiger charge is -2.25. The maximum Gasteiger partial charge on any atom is 0.239 e. The number of morpholine rings is 1. The van der Waals surface area contributed by atoms with E-state index in [0.717, 1.165) is 5.56 Å². The van der Waals surface area contributed by atoms with Crippen molar-refractivity contribution in [2.24, 2.45) is 0 Å². The highest BCUT2D eigenvalue weighted by atomic mass is 35.5. The maximum atomic E-state index is 12.0. The fourth-order valence-corrected chi connectivity index (χ4v) is 2.63. The molecular formula is C14H18Cl2N2O2. The molecular weight excluding hydrogens is 299 g/mol. The van der Waals surface area contributed by atoms with Gasteiger partial charge < -0.3 is 15.4 Å². The molecule has 0 aromatic heterocycles. The van der Waals surface area contributed by atoms with E-state index in [1.165, 1.54) is 0 Å². The smallest absolute Gasteiger partial charge is 0.239 e. The van der Waals surface area contributed by atoms with Crippen molar-refractivity contribution in [1.82, 2.24) is 10.6 Å². The number of benzene rings is 1. The third kappa shape index (κ3) is 4.35. The number of amides is 1. The Morgan fingerprint density at radius 2 is 2.35 bits per heavy atom. The molecule has 1 aromatic rings. The fraction of sp³-hybridized carbons (Fsp3) is 0.500. The molecule has 1 amide bonds. The van der Waals surface area contributed by atoms with Crippen molar-refractivity contribution in [3.8, 4) is 0 Å². The van der Waals surface area contributed by atoms with Gasteiger partial charge in [-0.1, -0.05) is 29.3 Å². The fourth-order valence-electron chi connectivity index (χ4n) is 2.15. The Kier molecular flexibility index (Phi) is 5.66. The highest BCUT2D eigenvalue weighted by Gasteiger charge is 2.22. The molecule has 110 valence electrons. The van der Waals surface area contributed by atoms with Gasteiger partial charge in [-0.2, -0.15) is 0 Å². The normalized spacial score (nSPS) is 20.4. The summed E-state index contributed by atoms with van der Waals surface area (Å²) in [5.41, 5.74) is 0.969. The number of rotatable bonds is 4. The first-order chi connectivity index (χ1) is 9.56. The minimum atomic E-state index is -0.271. The zero-order valence-corrected chi connectivity index (χ0v) is 12.8. The molecule has 1 aliphatic heterocycles. The van der Waals surface area contributed by atoms with Gasteiger partial charge in [0.05, 0.1) is 13.2 Å². The maximum absolute atomic E-state index is 12.0. The van der Waals surface area contributed by atoms with Gasteiger partial charge in [-0.3, -0.25) is 4.79 Å². The van der Waals surface area contributed by atoms with E-state index in [2.05, 4.69) is 10.6 Å². The van der Waals surface area contributed by atoms with E-state index >= 15 is 0 Å². The zero-order chi connectivity index (χ0) is 14.5. The second kappa shape index (κ2) is 7.27. The van der Waals surface area contributed by atoms with Crippen LogP contribution in [-0.4, -0.2) is 37.7 Å². The van der Waals surface area contributed by atoms with Gasteiger partial charge in [0.1, 0.15) is 6.04 Å². The summed E-state index contributed by atoms with van der Waals surface area (Å²) < 4.78 is 5.28. The molecule has 0 spiro atoms. The molecule has 4 nitrogen and oxygen atoms in total. The molecule has 0 saturated carbocycles. The second-order valence-corrected chi connectivity index (χ2v) is 5.77. The number of halogens is 2. The molecule has 1 saturated heterocycles. The van der Waals surface area contributed by atoms with Gasteiger partial charge in [-0.15, -0.1) is 0 Å². The number of hydrogen-bond acceptors (Lipinski definition) is 3. The largest absolute Gasteiger partial charge is 0.378 e. The van der Waals surface area contributed by atoms with Crippen LogP contribution in [0.25, 0.3) is 0 Å². The molecule has 1 aliphatic rings. The van der Waals surface area contributed by atoms with Gasteiger partial charge in [0.2, 0.25) is 5.91 Å². The Balaban J connectivity index is 1.88. The van der Waals surface area contributed by atoms with Gasteiger partial charge >= 0.3 is 0 Å². The van der Waals surface area contributed by atoms with E-state index in [0.29, 0.717) is 36.2 Å². The summed E-state index contributed by atoms with van der Waals surface area (Å²) in [5.74, 6) is -0.0396. The van der Waals surface area contributed by atoms with Crippen LogP contribution in [0.2, 0.25) is 10.0 Å². The number of carbonyl (C=O) groups excluding carboxylic acids is 1. The van der Waals surface area contributed by atoms with Crippen LogP contribution in [0, 0.1) is 0 Å². The van der Waals surface area contributed by atoms with Gasteiger partial charge in [-0.05, 0) is 31.0 Å². The first-order valence-corrected chi connectivity index (χ1v) is 7.37. The average molecular weight is 317 g/mol. The summed E-state index contributed by atoms with van der Waals surface area (Å²) in [6, 6.07) is 5.11. The van der Waals surface area contributed by atoms with Crippen LogP contribution in [0.15, 0.2) is 18.2 Å². The van der Waals surface area contributed by atoms with Gasteiger partial charge in [0.25, 0.3) is 0 Å². The average Bonchev–Trinajstić information content (AvgIpc) is 2.43. The topological polar surface area (TPSA) is 50.4 Å². The molecule has 2 atom stereocenters. The monoisotopic (exact) mass is 316 g/mol. The van der Waals surface area contributed by atoms with Crippen LogP contribution in [0.3, 0.4) is 0 Å². The number of hydrogen-bond donors (Lipinski definition) is 2. The third-order valence-electron chi connectivity index (χ3n) is 3.17. The summed E-state index contributed by atoms with van der Waals surface area (Å²) in [6.07, 6.45) is 0.662. The predicted molar refractivity (Wildman–Crippen MR) is 80.4 cm³/mol. The quantitative estimate of drug-likeness (QED) is 0.893. The van der Waals surface area contributed by atoms with Crippen molar-refractivity contribution in [3.63, 3.8) is 0 Å². The highest BCUT2D eigenvalue weighted by molar-refractivity contribution is 6.35. The molecule has 0 bridgehead atoms. The Hall–Kier alpha value is -0.810. The number of carbonyl (C=O) groups is 1. The predicted octanol–water partition coefficient (Wildman–Crippen LogP) is 2.03. The lowest BCUT2D eigenvalue weighted by atomic mass is 10.1. The van der Waals surface area contributed by atoms with Crippen molar-refractivity contribution in [2.75, 3.05) is 19.8 Å². The molecule has 6 heteroatoms. The summed E-state index contributed by atoms with van der Waals surface area (Å²) in [7, 11) is 0. The molecule has 0 aliphatic carbocycles. The Labute approximate surface area is 128 Å². The standard InChI is InChI=1S/C14H18Cl2N2O2/c1-9(6-10-2-3-11(15)7-12(10)16)18-14(19)13-8-20-5-4-17-13/h2-3,7,9,13,17H,4-6,8H2,1H3,(H,18,19). The Morgan fingerprint density at radius 3 is 3.00 bits per heavy atom. The Bertz CT molecular complexity index is 476. The van der Waals surface area contributed by atoms with Crippen molar-refractivity contribution >= 4 is 29.1 Å². The third-order valence-corrected chi connectivity index (χ3v) is 3.75. The van der Waals surface area contributed by atoms with E-state index in [1.807, 2.05) is 13.0 Å². The van der Waals surface area contributed by atoms with Crippen LogP contribution in [-0.2, 0) is 16.0 Å². The van der Waals surface area contributed by atoms with Crippen LogP contribution in [0.5, 0.6) is 0 Å². The first kappa shape index (κ1) is 15.6. The SMILES string of the molecule is CC(Cc1ccc(Cl)cc1Cl)NC(=O)C1COCCN1. The molecule has 20 heavy (non-hydrogen) atoms. The summed E-state index contributed by atoms with van der Waals surface area (Å²) in [5, 5.41) is 7.33. The molecule has 1 aromatic carbocycles. The molecule has 1 fully saturated rings. The lowest BCUT2D eigenvalue weighted by molar-refractivity contribution is -0.126. The van der Waals surface area contributed by atoms with Crippen molar-refractivity contribution < 1.29 is 9.53 Å². The van der Waals surface area contributed by atoms with Crippen molar-refractivity contribution in [1.29, 1.82) is 0 Å². The number of nitrogens with one attached hydrogen (secondary N) is 2. The van der Waals surface area contributed by atoms with Gasteiger partial charge in [0, 0.05) is 22.6 Å². The van der Waals surface area contributed by atoms with Crippen LogP contribution in [0.4, 0.5) is 0 Å². The first-order valence-electron chi connectivity index (χ1n) is 6.61. The van der Waals surface area contributed by atoms with Crippen molar-refractivity contribution in [2.45, 2.75) is 25.4 Å². The van der Waals surface area contributed by atoms with Crippen LogP contribution < -0.4 is 10.6 Å². The molecule has 2 rings (SSSR count). The lowest BCUT2D eigenvalue weighted by Crippen LogP contribution is -2.53. The van der Waals surface area contributed by atoms with E-state index in [9.17, 15) is 4.79 Å². The Morgan fingerprint density at radius 1 is 1.55 bits per heavy atom. The minimum Gasteiger partial charge on any atom is -0.378 e. The van der Waals surface area contributed by atoms with Crippen molar-refractivity contribution in [3.05, 3.63) is 33.8 Å². The van der Waals surface area contributed by atoms with E-state index in [4.69, 9.17) is 27.9 Å². The van der Waals surface area contributed by atoms with E-state index in [-0.39, 0.29) is 18.0 Å². The van der Waals surface area contributed by atoms with Crippen LogP contribution in [0.1, 0.15) is 12.5 Å². The molecule has 2 N–H and O–H groups in total. The van der Waals surface area contributed by atoms with Gasteiger partial charge in [-0.25, -0.2) is 0 Å². The second-order valence-electron chi connectivity index (χ2n) is 4.93. The minimum absolute atomic E-state index is 0.00935. The highest BCUT2D eigenvalue weighted by Crippen LogP contribution is 2.22. The molecule has 1 heterocycles. The summed E-state index contributed by atoms with van der Waals surface area (Å²) in [4.78, 5) is 12.0. The summed E-state index contributed by atoms with van der Waals surface area (Å²) >= 11 is 12.0. The molecule has 0 radical (unpaired) electrons. The summed E-state index contributed by atoms with van der Waals surface area (Å²) in [6.45, 7) is 3.72. The zero-order valence-electron chi connectivity index (χ0n) is 11.3. The van der Waals surface area contributed by atoms with E-state index < -0.39 is 0 Å². The van der Waals surface area contributed by atoms with Gasteiger partial charge in [0.15, 0.2) is 0 Å². The van der Waals surface area contributed by atoms with E-state index in [1.54, 1.807) is 12.1 Å². The number of ether oxygens (including phenoxy) is 1. The molecule has 2 unspecified atom stereocenters.